The molecule has 122 valence electrons. The van der Waals surface area contributed by atoms with E-state index in [-0.39, 0.29) is 5.91 Å². The molecular formula is C16H19ClN4OS. The first-order chi connectivity index (χ1) is 11.2. The van der Waals surface area contributed by atoms with Crippen LogP contribution >= 0.6 is 22.9 Å². The number of carbonyl (C=O) groups excluding carboxylic acids is 1. The number of halogens is 1. The Kier molecular flexibility index (Phi) is 5.61. The zero-order valence-corrected chi connectivity index (χ0v) is 14.3. The summed E-state index contributed by atoms with van der Waals surface area (Å²) in [4.78, 5) is 18.9. The first-order valence-electron chi connectivity index (χ1n) is 7.65. The summed E-state index contributed by atoms with van der Waals surface area (Å²) in [6, 6.07) is 7.47. The minimum Gasteiger partial charge on any atom is -0.349 e. The van der Waals surface area contributed by atoms with Crippen LogP contribution in [0.2, 0.25) is 5.02 Å². The zero-order chi connectivity index (χ0) is 16.1. The van der Waals surface area contributed by atoms with Crippen molar-refractivity contribution in [2.45, 2.75) is 0 Å². The predicted octanol–water partition coefficient (Wildman–Crippen LogP) is 2.10. The molecule has 0 radical (unpaired) electrons. The van der Waals surface area contributed by atoms with Gasteiger partial charge in [0.25, 0.3) is 5.91 Å². The number of hydrogen-bond acceptors (Lipinski definition) is 5. The number of hydrogen-bond donors (Lipinski definition) is 2. The van der Waals surface area contributed by atoms with Crippen molar-refractivity contribution in [1.82, 2.24) is 20.5 Å². The molecule has 1 aromatic carbocycles. The summed E-state index contributed by atoms with van der Waals surface area (Å²) in [6.07, 6.45) is 0. The number of rotatable bonds is 5. The number of piperazine rings is 1. The van der Waals surface area contributed by atoms with Crippen LogP contribution in [-0.4, -0.2) is 55.1 Å². The second-order valence-corrected chi connectivity index (χ2v) is 6.69. The Balaban J connectivity index is 1.52. The van der Waals surface area contributed by atoms with E-state index in [1.807, 2.05) is 24.3 Å². The number of nitrogens with one attached hydrogen (secondary N) is 2. The fourth-order valence-corrected chi connectivity index (χ4v) is 3.39. The highest BCUT2D eigenvalue weighted by Gasteiger charge is 2.13. The van der Waals surface area contributed by atoms with Crippen molar-refractivity contribution < 1.29 is 4.79 Å². The molecule has 0 spiro atoms. The SMILES string of the molecule is O=C(NCCN1CCNCC1)c1csc(-c2ccc(Cl)cc2)n1. The van der Waals surface area contributed by atoms with Crippen LogP contribution in [0.4, 0.5) is 0 Å². The first kappa shape index (κ1) is 16.4. The van der Waals surface area contributed by atoms with Crippen molar-refractivity contribution >= 4 is 28.8 Å². The third-order valence-electron chi connectivity index (χ3n) is 3.75. The number of aromatic nitrogens is 1. The third kappa shape index (κ3) is 4.51. The summed E-state index contributed by atoms with van der Waals surface area (Å²) in [5.41, 5.74) is 1.44. The van der Waals surface area contributed by atoms with E-state index in [9.17, 15) is 4.79 Å². The van der Waals surface area contributed by atoms with Crippen LogP contribution in [0.25, 0.3) is 10.6 Å². The Morgan fingerprint density at radius 2 is 2.04 bits per heavy atom. The van der Waals surface area contributed by atoms with Crippen LogP contribution in [0.15, 0.2) is 29.6 Å². The molecule has 0 saturated carbocycles. The van der Waals surface area contributed by atoms with Gasteiger partial charge in [0, 0.05) is 55.2 Å². The molecule has 0 atom stereocenters. The van der Waals surface area contributed by atoms with Gasteiger partial charge in [-0.25, -0.2) is 4.98 Å². The molecule has 1 saturated heterocycles. The van der Waals surface area contributed by atoms with Crippen LogP contribution in [-0.2, 0) is 0 Å². The summed E-state index contributed by atoms with van der Waals surface area (Å²) in [7, 11) is 0. The Hall–Kier alpha value is -1.47. The Bertz CT molecular complexity index is 652. The average molecular weight is 351 g/mol. The summed E-state index contributed by atoms with van der Waals surface area (Å²) in [5.74, 6) is -0.114. The summed E-state index contributed by atoms with van der Waals surface area (Å²) in [5, 5.41) is 9.57. The van der Waals surface area contributed by atoms with Crippen LogP contribution in [0.5, 0.6) is 0 Å². The van der Waals surface area contributed by atoms with E-state index in [0.29, 0.717) is 17.3 Å². The van der Waals surface area contributed by atoms with Crippen molar-refractivity contribution in [3.05, 3.63) is 40.4 Å². The highest BCUT2D eigenvalue weighted by atomic mass is 35.5. The minimum atomic E-state index is -0.114. The van der Waals surface area contributed by atoms with Gasteiger partial charge >= 0.3 is 0 Å². The Morgan fingerprint density at radius 3 is 2.78 bits per heavy atom. The summed E-state index contributed by atoms with van der Waals surface area (Å²) in [6.45, 7) is 5.63. The summed E-state index contributed by atoms with van der Waals surface area (Å²) < 4.78 is 0. The lowest BCUT2D eigenvalue weighted by atomic mass is 10.2. The fourth-order valence-electron chi connectivity index (χ4n) is 2.46. The molecule has 5 nitrogen and oxygen atoms in total. The molecule has 7 heteroatoms. The Labute approximate surface area is 144 Å². The largest absolute Gasteiger partial charge is 0.349 e. The lowest BCUT2D eigenvalue weighted by Gasteiger charge is -2.26. The number of thiazole rings is 1. The van der Waals surface area contributed by atoms with E-state index in [1.54, 1.807) is 5.38 Å². The maximum absolute atomic E-state index is 12.2. The molecule has 1 aliphatic rings. The monoisotopic (exact) mass is 350 g/mol. The smallest absolute Gasteiger partial charge is 0.270 e. The molecule has 0 bridgehead atoms. The maximum atomic E-state index is 12.2. The van der Waals surface area contributed by atoms with E-state index in [0.717, 1.165) is 43.3 Å². The standard InChI is InChI=1S/C16H19ClN4OS/c17-13-3-1-12(2-4-13)16-20-14(11-23-16)15(22)19-7-10-21-8-5-18-6-9-21/h1-4,11,18H,5-10H2,(H,19,22). The van der Waals surface area contributed by atoms with Crippen LogP contribution in [0.3, 0.4) is 0 Å². The van der Waals surface area contributed by atoms with Gasteiger partial charge < -0.3 is 10.6 Å². The van der Waals surface area contributed by atoms with E-state index in [2.05, 4.69) is 20.5 Å². The molecule has 1 fully saturated rings. The third-order valence-corrected chi connectivity index (χ3v) is 4.89. The highest BCUT2D eigenvalue weighted by molar-refractivity contribution is 7.13. The normalized spacial score (nSPS) is 15.5. The maximum Gasteiger partial charge on any atom is 0.270 e. The summed E-state index contributed by atoms with van der Waals surface area (Å²) >= 11 is 7.35. The zero-order valence-electron chi connectivity index (χ0n) is 12.7. The average Bonchev–Trinajstić information content (AvgIpc) is 3.06. The van der Waals surface area contributed by atoms with E-state index in [4.69, 9.17) is 11.6 Å². The quantitative estimate of drug-likeness (QED) is 0.867. The topological polar surface area (TPSA) is 57.3 Å². The number of nitrogens with zero attached hydrogens (tertiary/aromatic N) is 2. The number of carbonyl (C=O) groups is 1. The molecule has 23 heavy (non-hydrogen) atoms. The van der Waals surface area contributed by atoms with Crippen molar-refractivity contribution in [2.24, 2.45) is 0 Å². The lowest BCUT2D eigenvalue weighted by molar-refractivity contribution is 0.0943. The van der Waals surface area contributed by atoms with Gasteiger partial charge in [0.2, 0.25) is 0 Å². The predicted molar refractivity (Wildman–Crippen MR) is 94.2 cm³/mol. The van der Waals surface area contributed by atoms with Gasteiger partial charge in [-0.3, -0.25) is 9.69 Å². The highest BCUT2D eigenvalue weighted by Crippen LogP contribution is 2.25. The molecule has 2 N–H and O–H groups in total. The second-order valence-electron chi connectivity index (χ2n) is 5.39. The van der Waals surface area contributed by atoms with E-state index < -0.39 is 0 Å². The van der Waals surface area contributed by atoms with Gasteiger partial charge in [0.15, 0.2) is 0 Å². The van der Waals surface area contributed by atoms with Crippen molar-refractivity contribution in [3.63, 3.8) is 0 Å². The molecule has 2 aromatic rings. The number of benzene rings is 1. The van der Waals surface area contributed by atoms with Crippen molar-refractivity contribution in [2.75, 3.05) is 39.3 Å². The van der Waals surface area contributed by atoms with Crippen LogP contribution in [0.1, 0.15) is 10.5 Å². The van der Waals surface area contributed by atoms with Gasteiger partial charge in [0.1, 0.15) is 10.7 Å². The van der Waals surface area contributed by atoms with Gasteiger partial charge in [-0.1, -0.05) is 23.7 Å². The molecule has 1 aliphatic heterocycles. The van der Waals surface area contributed by atoms with Crippen LogP contribution in [0, 0.1) is 0 Å². The second kappa shape index (κ2) is 7.88. The van der Waals surface area contributed by atoms with Gasteiger partial charge in [-0.05, 0) is 12.1 Å². The number of amides is 1. The molecular weight excluding hydrogens is 332 g/mol. The lowest BCUT2D eigenvalue weighted by Crippen LogP contribution is -2.46. The molecule has 0 aliphatic carbocycles. The van der Waals surface area contributed by atoms with Gasteiger partial charge in [0.05, 0.1) is 0 Å². The molecule has 1 amide bonds. The minimum absolute atomic E-state index is 0.114. The van der Waals surface area contributed by atoms with E-state index >= 15 is 0 Å². The molecule has 0 unspecified atom stereocenters. The Morgan fingerprint density at radius 1 is 1.30 bits per heavy atom. The van der Waals surface area contributed by atoms with Crippen LogP contribution < -0.4 is 10.6 Å². The first-order valence-corrected chi connectivity index (χ1v) is 8.91. The molecule has 1 aromatic heterocycles. The van der Waals surface area contributed by atoms with Gasteiger partial charge in [-0.15, -0.1) is 11.3 Å². The van der Waals surface area contributed by atoms with E-state index in [1.165, 1.54) is 11.3 Å². The molecule has 3 rings (SSSR count). The molecule has 2 heterocycles. The van der Waals surface area contributed by atoms with Gasteiger partial charge in [-0.2, -0.15) is 0 Å². The fraction of sp³-hybridized carbons (Fsp3) is 0.375. The van der Waals surface area contributed by atoms with Crippen molar-refractivity contribution in [3.8, 4) is 10.6 Å². The van der Waals surface area contributed by atoms with Crippen molar-refractivity contribution in [1.29, 1.82) is 0 Å².